The van der Waals surface area contributed by atoms with E-state index in [0.29, 0.717) is 25.8 Å². The summed E-state index contributed by atoms with van der Waals surface area (Å²) in [6.07, 6.45) is 1.87. The van der Waals surface area contributed by atoms with Crippen LogP contribution in [0, 0.1) is 13.8 Å². The zero-order valence-electron chi connectivity index (χ0n) is 19.1. The number of hydrogen-bond donors (Lipinski definition) is 1. The maximum Gasteiger partial charge on any atom is 0.407 e. The predicted octanol–water partition coefficient (Wildman–Crippen LogP) is 4.38. The third-order valence-corrected chi connectivity index (χ3v) is 5.58. The number of rotatable bonds is 8. The van der Waals surface area contributed by atoms with E-state index < -0.39 is 5.60 Å². The van der Waals surface area contributed by atoms with Crippen LogP contribution in [0.25, 0.3) is 0 Å². The minimum absolute atomic E-state index is 0.273. The van der Waals surface area contributed by atoms with E-state index in [0.717, 1.165) is 25.1 Å². The largest absolute Gasteiger partial charge is 0.491 e. The molecule has 0 spiro atoms. The molecule has 0 bridgehead atoms. The monoisotopic (exact) mass is 406 g/mol. The fraction of sp³-hybridized carbons (Fsp3) is 0.696. The second-order valence-corrected chi connectivity index (χ2v) is 8.84. The molecule has 2 rings (SSSR count). The van der Waals surface area contributed by atoms with Gasteiger partial charge in [0.15, 0.2) is 0 Å². The molecule has 0 radical (unpaired) electrons. The Bertz CT molecular complexity index is 684. The summed E-state index contributed by atoms with van der Waals surface area (Å²) in [5, 5.41) is 2.95. The molecule has 1 fully saturated rings. The van der Waals surface area contributed by atoms with Gasteiger partial charge in [-0.2, -0.15) is 0 Å². The van der Waals surface area contributed by atoms with Gasteiger partial charge in [0.1, 0.15) is 18.0 Å². The van der Waals surface area contributed by atoms with Crippen molar-refractivity contribution in [3.63, 3.8) is 0 Å². The molecule has 1 unspecified atom stereocenters. The molecule has 1 aliphatic heterocycles. The number of carbonyl (C=O) groups excluding carboxylic acids is 1. The molecule has 6 heteroatoms. The molecular weight excluding hydrogens is 368 g/mol. The van der Waals surface area contributed by atoms with E-state index in [1.807, 2.05) is 20.8 Å². The first-order valence-corrected chi connectivity index (χ1v) is 10.6. The summed E-state index contributed by atoms with van der Waals surface area (Å²) < 4.78 is 16.3. The highest BCUT2D eigenvalue weighted by atomic mass is 16.6. The molecule has 0 aliphatic carbocycles. The van der Waals surface area contributed by atoms with Gasteiger partial charge in [0, 0.05) is 25.7 Å². The first-order chi connectivity index (χ1) is 13.6. The molecule has 1 amide bonds. The lowest BCUT2D eigenvalue weighted by Gasteiger charge is -2.32. The van der Waals surface area contributed by atoms with Crippen LogP contribution in [0.1, 0.15) is 63.3 Å². The van der Waals surface area contributed by atoms with E-state index in [-0.39, 0.29) is 12.1 Å². The topological polar surface area (TPSA) is 60.0 Å². The van der Waals surface area contributed by atoms with Crippen LogP contribution in [0.4, 0.5) is 4.79 Å². The lowest BCUT2D eigenvalue weighted by molar-refractivity contribution is 0.0507. The number of nitrogens with one attached hydrogen (secondary N) is 1. The van der Waals surface area contributed by atoms with Crippen LogP contribution in [0.3, 0.4) is 0 Å². The van der Waals surface area contributed by atoms with E-state index in [1.165, 1.54) is 16.7 Å². The van der Waals surface area contributed by atoms with E-state index in [1.54, 1.807) is 7.11 Å². The number of carbonyl (C=O) groups is 1. The normalized spacial score (nSPS) is 18.5. The van der Waals surface area contributed by atoms with Crippen molar-refractivity contribution in [3.05, 3.63) is 28.8 Å². The Morgan fingerprint density at radius 2 is 1.97 bits per heavy atom. The summed E-state index contributed by atoms with van der Waals surface area (Å²) in [5.41, 5.74) is 3.27. The number of nitrogens with zero attached hydrogens (tertiary/aromatic N) is 1. The molecule has 2 atom stereocenters. The molecule has 1 heterocycles. The highest BCUT2D eigenvalue weighted by molar-refractivity contribution is 5.67. The average Bonchev–Trinajstić information content (AvgIpc) is 3.10. The summed E-state index contributed by atoms with van der Waals surface area (Å²) in [6, 6.07) is 4.82. The molecule has 1 aromatic rings. The first-order valence-electron chi connectivity index (χ1n) is 10.6. The zero-order chi connectivity index (χ0) is 21.6. The summed E-state index contributed by atoms with van der Waals surface area (Å²) in [5.74, 6) is 0.917. The van der Waals surface area contributed by atoms with Crippen LogP contribution >= 0.6 is 0 Å². The number of ether oxygens (including phenoxy) is 3. The predicted molar refractivity (Wildman–Crippen MR) is 116 cm³/mol. The van der Waals surface area contributed by atoms with E-state index in [9.17, 15) is 4.79 Å². The van der Waals surface area contributed by atoms with Crippen LogP contribution in [-0.2, 0) is 9.47 Å². The van der Waals surface area contributed by atoms with Crippen LogP contribution < -0.4 is 10.1 Å². The molecule has 0 saturated carbocycles. The van der Waals surface area contributed by atoms with Crippen molar-refractivity contribution in [2.45, 2.75) is 72.1 Å². The summed E-state index contributed by atoms with van der Waals surface area (Å²) in [7, 11) is 1.68. The van der Waals surface area contributed by atoms with Crippen molar-refractivity contribution >= 4 is 6.09 Å². The molecule has 6 nitrogen and oxygen atoms in total. The van der Waals surface area contributed by atoms with Crippen LogP contribution in [-0.4, -0.2) is 56.0 Å². The highest BCUT2D eigenvalue weighted by Gasteiger charge is 2.31. The third-order valence-electron chi connectivity index (χ3n) is 5.58. The number of alkyl carbamates (subject to hydrolysis) is 1. The number of likely N-dealkylation sites (tertiary alicyclic amines) is 1. The second-order valence-electron chi connectivity index (χ2n) is 8.84. The van der Waals surface area contributed by atoms with Gasteiger partial charge < -0.3 is 19.5 Å². The van der Waals surface area contributed by atoms with E-state index >= 15 is 0 Å². The van der Waals surface area contributed by atoms with Crippen LogP contribution in [0.5, 0.6) is 5.75 Å². The van der Waals surface area contributed by atoms with Crippen molar-refractivity contribution in [1.82, 2.24) is 10.2 Å². The first kappa shape index (κ1) is 23.5. The van der Waals surface area contributed by atoms with Gasteiger partial charge >= 0.3 is 6.09 Å². The van der Waals surface area contributed by atoms with Gasteiger partial charge in [-0.1, -0.05) is 6.07 Å². The lowest BCUT2D eigenvalue weighted by atomic mass is 9.96. The van der Waals surface area contributed by atoms with E-state index in [4.69, 9.17) is 14.2 Å². The quantitative estimate of drug-likeness (QED) is 0.649. The molecule has 1 aliphatic rings. The van der Waals surface area contributed by atoms with Crippen LogP contribution in [0.2, 0.25) is 0 Å². The smallest absolute Gasteiger partial charge is 0.407 e. The molecule has 0 aromatic heterocycles. The number of hydrogen-bond acceptors (Lipinski definition) is 5. The number of amides is 1. The molecule has 1 saturated heterocycles. The lowest BCUT2D eigenvalue weighted by Crippen LogP contribution is -2.43. The molecule has 164 valence electrons. The Labute approximate surface area is 175 Å². The average molecular weight is 407 g/mol. The summed E-state index contributed by atoms with van der Waals surface area (Å²) in [6.45, 7) is 14.9. The van der Waals surface area contributed by atoms with Gasteiger partial charge in [-0.05, 0) is 83.7 Å². The SMILES string of the molecule is COCCOc1ccc([C@@H](C)N2CCCC2CNC(=O)OC(C)(C)C)c(C)c1C. The summed E-state index contributed by atoms with van der Waals surface area (Å²) in [4.78, 5) is 14.5. The van der Waals surface area contributed by atoms with E-state index in [2.05, 4.69) is 43.1 Å². The van der Waals surface area contributed by atoms with Crippen molar-refractivity contribution in [1.29, 1.82) is 0 Å². The van der Waals surface area contributed by atoms with Gasteiger partial charge in [0.2, 0.25) is 0 Å². The molecule has 29 heavy (non-hydrogen) atoms. The minimum Gasteiger partial charge on any atom is -0.491 e. The maximum absolute atomic E-state index is 12.0. The van der Waals surface area contributed by atoms with Crippen molar-refractivity contribution in [2.75, 3.05) is 33.4 Å². The van der Waals surface area contributed by atoms with Crippen molar-refractivity contribution in [3.8, 4) is 5.75 Å². The number of methoxy groups -OCH3 is 1. The van der Waals surface area contributed by atoms with Gasteiger partial charge in [-0.15, -0.1) is 0 Å². The fourth-order valence-corrected chi connectivity index (χ4v) is 3.94. The Balaban J connectivity index is 2.03. The molecule has 1 N–H and O–H groups in total. The standard InChI is InChI=1S/C23H38N2O4/c1-16-17(2)21(28-14-13-27-7)11-10-20(16)18(3)25-12-8-9-19(25)15-24-22(26)29-23(4,5)6/h10-11,18-19H,8-9,12-15H2,1-7H3,(H,24,26)/t18-,19?/m1/s1. The van der Waals surface area contributed by atoms with Crippen molar-refractivity contribution in [2.24, 2.45) is 0 Å². The van der Waals surface area contributed by atoms with Gasteiger partial charge in [0.25, 0.3) is 0 Å². The highest BCUT2D eigenvalue weighted by Crippen LogP contribution is 2.34. The van der Waals surface area contributed by atoms with Crippen LogP contribution in [0.15, 0.2) is 12.1 Å². The zero-order valence-corrected chi connectivity index (χ0v) is 19.1. The second kappa shape index (κ2) is 10.3. The van der Waals surface area contributed by atoms with Gasteiger partial charge in [0.05, 0.1) is 6.61 Å². The Hall–Kier alpha value is -1.79. The summed E-state index contributed by atoms with van der Waals surface area (Å²) >= 11 is 0. The molecule has 1 aromatic carbocycles. The van der Waals surface area contributed by atoms with Gasteiger partial charge in [-0.3, -0.25) is 4.90 Å². The van der Waals surface area contributed by atoms with Crippen molar-refractivity contribution < 1.29 is 19.0 Å². The minimum atomic E-state index is -0.478. The van der Waals surface area contributed by atoms with Gasteiger partial charge in [-0.25, -0.2) is 4.79 Å². The Kier molecular flexibility index (Phi) is 8.34. The molecular formula is C23H38N2O4. The Morgan fingerprint density at radius 3 is 2.62 bits per heavy atom. The number of benzene rings is 1. The fourth-order valence-electron chi connectivity index (χ4n) is 3.94. The third kappa shape index (κ3) is 6.61. The Morgan fingerprint density at radius 1 is 1.24 bits per heavy atom. The maximum atomic E-state index is 12.0.